The Labute approximate surface area is 188 Å². The van der Waals surface area contributed by atoms with Gasteiger partial charge in [-0.25, -0.2) is 4.98 Å². The highest BCUT2D eigenvalue weighted by molar-refractivity contribution is 7.98. The molecule has 0 amide bonds. The Bertz CT molecular complexity index is 1110. The molecule has 0 radical (unpaired) electrons. The molecule has 4 rings (SSSR count). The molecule has 6 heteroatoms. The number of pyridine rings is 1. The molecule has 0 saturated carbocycles. The summed E-state index contributed by atoms with van der Waals surface area (Å²) in [5.41, 5.74) is 10.3. The van der Waals surface area contributed by atoms with Gasteiger partial charge in [0, 0.05) is 17.6 Å². The number of fused-ring (bicyclic) bond motifs is 1. The van der Waals surface area contributed by atoms with Crippen molar-refractivity contribution < 1.29 is 0 Å². The van der Waals surface area contributed by atoms with Crippen LogP contribution < -0.4 is 5.73 Å². The second-order valence-electron chi connectivity index (χ2n) is 7.69. The van der Waals surface area contributed by atoms with Crippen LogP contribution in [0.5, 0.6) is 0 Å². The van der Waals surface area contributed by atoms with Gasteiger partial charge in [-0.2, -0.15) is 0 Å². The van der Waals surface area contributed by atoms with Gasteiger partial charge in [0.2, 0.25) is 0 Å². The zero-order valence-corrected chi connectivity index (χ0v) is 18.8. The summed E-state index contributed by atoms with van der Waals surface area (Å²) < 4.78 is 2.27. The van der Waals surface area contributed by atoms with E-state index < -0.39 is 0 Å². The lowest BCUT2D eigenvalue weighted by molar-refractivity contribution is 0.242. The van der Waals surface area contributed by atoms with Crippen LogP contribution in [0.2, 0.25) is 0 Å². The van der Waals surface area contributed by atoms with Crippen molar-refractivity contribution in [1.29, 1.82) is 0 Å². The molecule has 31 heavy (non-hydrogen) atoms. The molecule has 2 aromatic carbocycles. The number of para-hydroxylation sites is 2. The third-order valence-electron chi connectivity index (χ3n) is 5.31. The zero-order chi connectivity index (χ0) is 21.5. The third kappa shape index (κ3) is 5.53. The van der Waals surface area contributed by atoms with Crippen LogP contribution in [0.1, 0.15) is 29.9 Å². The van der Waals surface area contributed by atoms with Gasteiger partial charge in [-0.15, -0.1) is 0 Å². The summed E-state index contributed by atoms with van der Waals surface area (Å²) in [5.74, 6) is 1.05. The molecule has 0 unspecified atom stereocenters. The Morgan fingerprint density at radius 2 is 1.74 bits per heavy atom. The van der Waals surface area contributed by atoms with Gasteiger partial charge in [0.1, 0.15) is 5.82 Å². The number of nitrogens with zero attached hydrogens (tertiary/aromatic N) is 4. The minimum absolute atomic E-state index is 0.721. The molecule has 5 nitrogen and oxygen atoms in total. The minimum atomic E-state index is 0.721. The van der Waals surface area contributed by atoms with Crippen molar-refractivity contribution in [3.05, 3.63) is 90.0 Å². The van der Waals surface area contributed by atoms with Gasteiger partial charge in [-0.3, -0.25) is 13.9 Å². The molecule has 2 aromatic heterocycles. The maximum atomic E-state index is 5.75. The number of unbranched alkanes of at least 4 members (excludes halogenated alkanes) is 1. The van der Waals surface area contributed by atoms with Gasteiger partial charge >= 0.3 is 0 Å². The second-order valence-corrected chi connectivity index (χ2v) is 8.71. The number of imidazole rings is 1. The molecule has 0 aliphatic heterocycles. The molecule has 2 N–H and O–H groups in total. The number of hydrogen-bond donors (Lipinski definition) is 1. The minimum Gasteiger partial charge on any atom is -0.330 e. The molecular formula is C25H29N5S. The first-order valence-electron chi connectivity index (χ1n) is 10.8. The molecule has 160 valence electrons. The average molecular weight is 432 g/mol. The molecule has 0 bridgehead atoms. The van der Waals surface area contributed by atoms with Crippen molar-refractivity contribution in [2.24, 2.45) is 5.73 Å². The summed E-state index contributed by atoms with van der Waals surface area (Å²) in [5, 5.41) is 0. The summed E-state index contributed by atoms with van der Waals surface area (Å²) >= 11 is 1.72. The molecule has 0 aliphatic rings. The Hall–Kier alpha value is -2.67. The van der Waals surface area contributed by atoms with Crippen LogP contribution in [0.4, 0.5) is 0 Å². The van der Waals surface area contributed by atoms with Crippen LogP contribution in [0.25, 0.3) is 11.0 Å². The van der Waals surface area contributed by atoms with E-state index in [1.807, 2.05) is 24.4 Å². The lowest BCUT2D eigenvalue weighted by Crippen LogP contribution is -2.26. The predicted octanol–water partition coefficient (Wildman–Crippen LogP) is 5.04. The fourth-order valence-corrected chi connectivity index (χ4v) is 4.58. The van der Waals surface area contributed by atoms with Crippen LogP contribution in [0.3, 0.4) is 0 Å². The summed E-state index contributed by atoms with van der Waals surface area (Å²) in [6, 6.07) is 22.9. The lowest BCUT2D eigenvalue weighted by Gasteiger charge is -2.23. The van der Waals surface area contributed by atoms with Gasteiger partial charge in [0.15, 0.2) is 0 Å². The van der Waals surface area contributed by atoms with Crippen LogP contribution in [-0.2, 0) is 13.1 Å². The largest absolute Gasteiger partial charge is 0.330 e. The summed E-state index contributed by atoms with van der Waals surface area (Å²) in [4.78, 5) is 13.3. The Morgan fingerprint density at radius 3 is 2.55 bits per heavy atom. The van der Waals surface area contributed by atoms with E-state index >= 15 is 0 Å². The summed E-state index contributed by atoms with van der Waals surface area (Å²) in [6.45, 7) is 5.37. The standard InChI is InChI=1S/C25H29N5S/c1-20-10-9-16-27-23(20)18-29(17-8-7-15-26)19-25-28-22-13-5-6-14-24(22)30(25)31-21-11-3-2-4-12-21/h2-6,9-14,16H,7-8,15,17-19,26H2,1H3. The number of benzene rings is 2. The highest BCUT2D eigenvalue weighted by Crippen LogP contribution is 2.28. The number of aryl methyl sites for hydroxylation is 1. The molecule has 0 atom stereocenters. The smallest absolute Gasteiger partial charge is 0.134 e. The van der Waals surface area contributed by atoms with Gasteiger partial charge in [0.25, 0.3) is 0 Å². The molecule has 0 aliphatic carbocycles. The Balaban J connectivity index is 1.64. The van der Waals surface area contributed by atoms with Crippen molar-refractivity contribution in [3.8, 4) is 0 Å². The van der Waals surface area contributed by atoms with Crippen molar-refractivity contribution in [2.45, 2.75) is 37.8 Å². The monoisotopic (exact) mass is 431 g/mol. The van der Waals surface area contributed by atoms with E-state index in [1.54, 1.807) is 11.9 Å². The number of aromatic nitrogens is 3. The fraction of sp³-hybridized carbons (Fsp3) is 0.280. The van der Waals surface area contributed by atoms with E-state index in [0.717, 1.165) is 61.6 Å². The predicted molar refractivity (Wildman–Crippen MR) is 129 cm³/mol. The van der Waals surface area contributed by atoms with E-state index in [4.69, 9.17) is 10.7 Å². The maximum Gasteiger partial charge on any atom is 0.134 e. The SMILES string of the molecule is Cc1cccnc1CN(CCCCN)Cc1nc2ccccc2n1Sc1ccccc1. The van der Waals surface area contributed by atoms with Crippen LogP contribution >= 0.6 is 11.9 Å². The highest BCUT2D eigenvalue weighted by atomic mass is 32.2. The number of hydrogen-bond acceptors (Lipinski definition) is 5. The van der Waals surface area contributed by atoms with Gasteiger partial charge in [0.05, 0.1) is 23.3 Å². The van der Waals surface area contributed by atoms with Crippen molar-refractivity contribution in [2.75, 3.05) is 13.1 Å². The third-order valence-corrected chi connectivity index (χ3v) is 6.38. The lowest BCUT2D eigenvalue weighted by atomic mass is 10.2. The topological polar surface area (TPSA) is 60.0 Å². The van der Waals surface area contributed by atoms with E-state index in [-0.39, 0.29) is 0 Å². The normalized spacial score (nSPS) is 11.5. The second kappa shape index (κ2) is 10.6. The fourth-order valence-electron chi connectivity index (χ4n) is 3.63. The van der Waals surface area contributed by atoms with Crippen LogP contribution in [0.15, 0.2) is 77.8 Å². The average Bonchev–Trinajstić information content (AvgIpc) is 3.13. The first-order chi connectivity index (χ1) is 15.2. The Morgan fingerprint density at radius 1 is 0.935 bits per heavy atom. The molecule has 0 saturated heterocycles. The van der Waals surface area contributed by atoms with E-state index in [1.165, 1.54) is 10.5 Å². The highest BCUT2D eigenvalue weighted by Gasteiger charge is 2.17. The molecule has 4 aromatic rings. The summed E-state index contributed by atoms with van der Waals surface area (Å²) in [7, 11) is 0. The van der Waals surface area contributed by atoms with Gasteiger partial charge in [-0.1, -0.05) is 36.4 Å². The maximum absolute atomic E-state index is 5.75. The zero-order valence-electron chi connectivity index (χ0n) is 17.9. The first kappa shape index (κ1) is 21.6. The van der Waals surface area contributed by atoms with Crippen molar-refractivity contribution >= 4 is 23.0 Å². The Kier molecular flexibility index (Phi) is 7.35. The molecule has 2 heterocycles. The molecule has 0 spiro atoms. The first-order valence-corrected chi connectivity index (χ1v) is 11.5. The van der Waals surface area contributed by atoms with Gasteiger partial charge < -0.3 is 5.73 Å². The summed E-state index contributed by atoms with van der Waals surface area (Å²) in [6.07, 6.45) is 3.96. The van der Waals surface area contributed by atoms with Gasteiger partial charge in [-0.05, 0) is 80.7 Å². The van der Waals surface area contributed by atoms with Crippen LogP contribution in [0, 0.1) is 6.92 Å². The van der Waals surface area contributed by atoms with Crippen molar-refractivity contribution in [3.63, 3.8) is 0 Å². The number of rotatable bonds is 10. The molecular weight excluding hydrogens is 402 g/mol. The van der Waals surface area contributed by atoms with E-state index in [9.17, 15) is 0 Å². The molecule has 0 fully saturated rings. The van der Waals surface area contributed by atoms with Crippen molar-refractivity contribution in [1.82, 2.24) is 18.8 Å². The van der Waals surface area contributed by atoms with E-state index in [2.05, 4.69) is 69.3 Å². The quantitative estimate of drug-likeness (QED) is 0.357. The van der Waals surface area contributed by atoms with E-state index in [0.29, 0.717) is 0 Å². The number of nitrogens with two attached hydrogens (primary N) is 1. The van der Waals surface area contributed by atoms with Crippen LogP contribution in [-0.4, -0.2) is 31.9 Å².